The highest BCUT2D eigenvalue weighted by molar-refractivity contribution is 7.80. The van der Waals surface area contributed by atoms with E-state index in [1.807, 2.05) is 0 Å². The van der Waals surface area contributed by atoms with Crippen LogP contribution in [0.4, 0.5) is 0 Å². The minimum atomic E-state index is 0.545. The fourth-order valence-electron chi connectivity index (χ4n) is 3.49. The molecule has 0 bridgehead atoms. The molecule has 1 nitrogen and oxygen atoms in total. The van der Waals surface area contributed by atoms with Gasteiger partial charge in [-0.15, -0.1) is 0 Å². The molecule has 1 unspecified atom stereocenters. The van der Waals surface area contributed by atoms with Gasteiger partial charge in [-0.1, -0.05) is 32.6 Å². The summed E-state index contributed by atoms with van der Waals surface area (Å²) in [5.41, 5.74) is 0.545. The molecule has 0 radical (unpaired) electrons. The minimum Gasteiger partial charge on any atom is -0.302 e. The first-order valence-electron chi connectivity index (χ1n) is 7.07. The molecular weight excluding hydrogens is 214 g/mol. The maximum atomic E-state index is 4.67. The Morgan fingerprint density at radius 3 is 2.38 bits per heavy atom. The molecule has 2 rings (SSSR count). The molecule has 94 valence electrons. The molecular formula is C14H27NS. The van der Waals surface area contributed by atoms with Gasteiger partial charge < -0.3 is 4.90 Å². The van der Waals surface area contributed by atoms with Gasteiger partial charge in [-0.2, -0.15) is 12.6 Å². The summed E-state index contributed by atoms with van der Waals surface area (Å²) >= 11 is 4.67. The van der Waals surface area contributed by atoms with Crippen LogP contribution >= 0.6 is 12.6 Å². The number of hydrogen-bond donors (Lipinski definition) is 1. The molecule has 0 aromatic rings. The van der Waals surface area contributed by atoms with Crippen molar-refractivity contribution in [3.8, 4) is 0 Å². The third-order valence-electron chi connectivity index (χ3n) is 4.57. The standard InChI is InChI=1S/C14H27NS/c1-13-6-9-15(10-13)11-14(12-16)7-4-2-3-5-8-14/h13,16H,2-12H2,1H3. The molecule has 2 heteroatoms. The van der Waals surface area contributed by atoms with E-state index >= 15 is 0 Å². The van der Waals surface area contributed by atoms with Crippen molar-refractivity contribution in [3.05, 3.63) is 0 Å². The highest BCUT2D eigenvalue weighted by Gasteiger charge is 2.33. The van der Waals surface area contributed by atoms with Crippen LogP contribution in [0.5, 0.6) is 0 Å². The lowest BCUT2D eigenvalue weighted by Crippen LogP contribution is -2.37. The Kier molecular flexibility index (Phi) is 4.60. The van der Waals surface area contributed by atoms with Crippen LogP contribution in [-0.4, -0.2) is 30.3 Å². The third kappa shape index (κ3) is 3.16. The summed E-state index contributed by atoms with van der Waals surface area (Å²) < 4.78 is 0. The van der Waals surface area contributed by atoms with Crippen molar-refractivity contribution >= 4 is 12.6 Å². The van der Waals surface area contributed by atoms with Crippen LogP contribution in [0.3, 0.4) is 0 Å². The largest absolute Gasteiger partial charge is 0.302 e. The van der Waals surface area contributed by atoms with E-state index in [0.717, 1.165) is 11.7 Å². The second-order valence-electron chi connectivity index (χ2n) is 6.20. The van der Waals surface area contributed by atoms with Crippen LogP contribution in [-0.2, 0) is 0 Å². The number of rotatable bonds is 3. The van der Waals surface area contributed by atoms with Crippen molar-refractivity contribution in [2.45, 2.75) is 51.9 Å². The summed E-state index contributed by atoms with van der Waals surface area (Å²) in [6, 6.07) is 0. The summed E-state index contributed by atoms with van der Waals surface area (Å²) in [6.07, 6.45) is 10.0. The van der Waals surface area contributed by atoms with E-state index in [0.29, 0.717) is 5.41 Å². The van der Waals surface area contributed by atoms with Gasteiger partial charge in [0.25, 0.3) is 0 Å². The van der Waals surface area contributed by atoms with E-state index in [1.165, 1.54) is 64.6 Å². The first-order valence-corrected chi connectivity index (χ1v) is 7.71. The van der Waals surface area contributed by atoms with Crippen molar-refractivity contribution in [2.75, 3.05) is 25.4 Å². The van der Waals surface area contributed by atoms with Crippen LogP contribution in [0.15, 0.2) is 0 Å². The van der Waals surface area contributed by atoms with Gasteiger partial charge in [-0.25, -0.2) is 0 Å². The molecule has 16 heavy (non-hydrogen) atoms. The van der Waals surface area contributed by atoms with Crippen molar-refractivity contribution in [3.63, 3.8) is 0 Å². The zero-order valence-corrected chi connectivity index (χ0v) is 11.6. The van der Waals surface area contributed by atoms with E-state index in [-0.39, 0.29) is 0 Å². The van der Waals surface area contributed by atoms with Crippen molar-refractivity contribution in [1.29, 1.82) is 0 Å². The Balaban J connectivity index is 1.92. The molecule has 0 N–H and O–H groups in total. The number of hydrogen-bond acceptors (Lipinski definition) is 2. The van der Waals surface area contributed by atoms with E-state index < -0.39 is 0 Å². The molecule has 1 heterocycles. The van der Waals surface area contributed by atoms with Gasteiger partial charge in [-0.3, -0.25) is 0 Å². The smallest absolute Gasteiger partial charge is 0.00459 e. The summed E-state index contributed by atoms with van der Waals surface area (Å²) in [6.45, 7) is 6.37. The fourth-order valence-corrected chi connectivity index (χ4v) is 3.91. The molecule has 1 atom stereocenters. The van der Waals surface area contributed by atoms with Crippen LogP contribution in [0, 0.1) is 11.3 Å². The summed E-state index contributed by atoms with van der Waals surface area (Å²) in [5, 5.41) is 0. The summed E-state index contributed by atoms with van der Waals surface area (Å²) in [7, 11) is 0. The van der Waals surface area contributed by atoms with Gasteiger partial charge >= 0.3 is 0 Å². The Hall–Kier alpha value is 0.310. The second kappa shape index (κ2) is 5.77. The maximum Gasteiger partial charge on any atom is 0.00459 e. The fraction of sp³-hybridized carbons (Fsp3) is 1.00. The molecule has 0 aromatic carbocycles. The molecule has 1 saturated carbocycles. The highest BCUT2D eigenvalue weighted by Crippen LogP contribution is 2.37. The zero-order chi connectivity index (χ0) is 11.4. The van der Waals surface area contributed by atoms with Crippen LogP contribution < -0.4 is 0 Å². The lowest BCUT2D eigenvalue weighted by atomic mass is 9.81. The Morgan fingerprint density at radius 1 is 1.19 bits per heavy atom. The molecule has 0 spiro atoms. The van der Waals surface area contributed by atoms with Crippen LogP contribution in [0.1, 0.15) is 51.9 Å². The van der Waals surface area contributed by atoms with E-state index in [2.05, 4.69) is 24.5 Å². The van der Waals surface area contributed by atoms with Gasteiger partial charge in [-0.05, 0) is 42.9 Å². The van der Waals surface area contributed by atoms with E-state index in [9.17, 15) is 0 Å². The first kappa shape index (κ1) is 12.8. The Labute approximate surface area is 106 Å². The Morgan fingerprint density at radius 2 is 1.88 bits per heavy atom. The molecule has 1 aliphatic heterocycles. The summed E-state index contributed by atoms with van der Waals surface area (Å²) in [5.74, 6) is 2.01. The van der Waals surface area contributed by atoms with Gasteiger partial charge in [0.15, 0.2) is 0 Å². The van der Waals surface area contributed by atoms with Gasteiger partial charge in [0.1, 0.15) is 0 Å². The third-order valence-corrected chi connectivity index (χ3v) is 5.24. The molecule has 0 aromatic heterocycles. The van der Waals surface area contributed by atoms with Crippen molar-refractivity contribution in [2.24, 2.45) is 11.3 Å². The molecule has 1 aliphatic carbocycles. The highest BCUT2D eigenvalue weighted by atomic mass is 32.1. The molecule has 2 fully saturated rings. The first-order chi connectivity index (χ1) is 7.74. The second-order valence-corrected chi connectivity index (χ2v) is 6.52. The average molecular weight is 241 g/mol. The predicted octanol–water partition coefficient (Wildman–Crippen LogP) is 3.60. The van der Waals surface area contributed by atoms with Crippen LogP contribution in [0.2, 0.25) is 0 Å². The predicted molar refractivity (Wildman–Crippen MR) is 74.2 cm³/mol. The van der Waals surface area contributed by atoms with Gasteiger partial charge in [0.2, 0.25) is 0 Å². The molecule has 1 saturated heterocycles. The zero-order valence-electron chi connectivity index (χ0n) is 10.7. The molecule has 2 aliphatic rings. The van der Waals surface area contributed by atoms with Crippen molar-refractivity contribution in [1.82, 2.24) is 4.90 Å². The Bertz CT molecular complexity index is 209. The van der Waals surface area contributed by atoms with Crippen LogP contribution in [0.25, 0.3) is 0 Å². The lowest BCUT2D eigenvalue weighted by Gasteiger charge is -2.35. The number of likely N-dealkylation sites (tertiary alicyclic amines) is 1. The van der Waals surface area contributed by atoms with E-state index in [1.54, 1.807) is 0 Å². The monoisotopic (exact) mass is 241 g/mol. The normalized spacial score (nSPS) is 31.5. The van der Waals surface area contributed by atoms with E-state index in [4.69, 9.17) is 0 Å². The van der Waals surface area contributed by atoms with Crippen molar-refractivity contribution < 1.29 is 0 Å². The summed E-state index contributed by atoms with van der Waals surface area (Å²) in [4.78, 5) is 2.70. The SMILES string of the molecule is CC1CCN(CC2(CS)CCCCCC2)C1. The quantitative estimate of drug-likeness (QED) is 0.584. The number of thiol groups is 1. The van der Waals surface area contributed by atoms with Gasteiger partial charge in [0, 0.05) is 13.1 Å². The van der Waals surface area contributed by atoms with Gasteiger partial charge in [0.05, 0.1) is 0 Å². The minimum absolute atomic E-state index is 0.545. The maximum absolute atomic E-state index is 4.67. The number of nitrogens with zero attached hydrogens (tertiary/aromatic N) is 1. The lowest BCUT2D eigenvalue weighted by molar-refractivity contribution is 0.171. The average Bonchev–Trinajstić information content (AvgIpc) is 2.54. The molecule has 0 amide bonds. The topological polar surface area (TPSA) is 3.24 Å².